The van der Waals surface area contributed by atoms with E-state index in [0.717, 1.165) is 86.2 Å². The van der Waals surface area contributed by atoms with Crippen molar-refractivity contribution in [1.82, 2.24) is 30.4 Å². The lowest BCUT2D eigenvalue weighted by Crippen LogP contribution is -2.55. The van der Waals surface area contributed by atoms with Crippen LogP contribution in [0.3, 0.4) is 0 Å². The van der Waals surface area contributed by atoms with E-state index < -0.39 is 11.9 Å². The van der Waals surface area contributed by atoms with Gasteiger partial charge >= 0.3 is 0 Å². The predicted octanol–water partition coefficient (Wildman–Crippen LogP) is 4.92. The number of ether oxygens (including phenoxy) is 1. The normalized spacial score (nSPS) is 22.6. The van der Waals surface area contributed by atoms with E-state index in [1.807, 2.05) is 36.4 Å². The van der Waals surface area contributed by atoms with Crippen molar-refractivity contribution < 1.29 is 28.7 Å². The average molecular weight is 844 g/mol. The zero-order valence-corrected chi connectivity index (χ0v) is 36.0. The van der Waals surface area contributed by atoms with Crippen LogP contribution in [-0.2, 0) is 25.7 Å². The molecule has 326 valence electrons. The number of aromatic nitrogens is 2. The molecular formula is C47H57N9O6. The molecule has 3 aromatic rings. The summed E-state index contributed by atoms with van der Waals surface area (Å²) in [5.41, 5.74) is 4.24. The number of piperidine rings is 1. The second kappa shape index (κ2) is 19.0. The fraction of sp³-hybridized carbons (Fsp3) is 0.511. The van der Waals surface area contributed by atoms with Crippen molar-refractivity contribution in [1.29, 1.82) is 0 Å². The SMILES string of the molecule is CC[C@@H]1C(=O)N(C)c2cnc(Nc3ccc(C(=O)NC4CCC(N(C)CCOCCC#Cc5cccc6c5CN(C5CCC(=O)NC5=O)C6=O)CC4)cc3)nc2N1C1CCCC1. The molecule has 15 heteroatoms. The molecule has 2 atom stereocenters. The smallest absolute Gasteiger partial charge is 0.255 e. The van der Waals surface area contributed by atoms with Gasteiger partial charge in [0.05, 0.1) is 19.4 Å². The van der Waals surface area contributed by atoms with Gasteiger partial charge in [0.2, 0.25) is 23.7 Å². The Bertz CT molecular complexity index is 2240. The van der Waals surface area contributed by atoms with Crippen LogP contribution < -0.4 is 25.8 Å². The number of amides is 5. The minimum Gasteiger partial charge on any atom is -0.379 e. The third-order valence-corrected chi connectivity index (χ3v) is 13.2. The van der Waals surface area contributed by atoms with Gasteiger partial charge in [-0.2, -0.15) is 4.98 Å². The maximum Gasteiger partial charge on any atom is 0.255 e. The summed E-state index contributed by atoms with van der Waals surface area (Å²) in [6.45, 7) is 4.23. The lowest BCUT2D eigenvalue weighted by molar-refractivity contribution is -0.137. The maximum atomic E-state index is 13.3. The molecule has 0 bridgehead atoms. The van der Waals surface area contributed by atoms with E-state index in [4.69, 9.17) is 9.72 Å². The molecule has 4 heterocycles. The van der Waals surface area contributed by atoms with E-state index in [2.05, 4.69) is 56.5 Å². The van der Waals surface area contributed by atoms with E-state index in [-0.39, 0.29) is 42.1 Å². The summed E-state index contributed by atoms with van der Waals surface area (Å²) in [6, 6.07) is 12.8. The topological polar surface area (TPSA) is 169 Å². The molecule has 15 nitrogen and oxygen atoms in total. The molecule has 0 radical (unpaired) electrons. The molecule has 2 saturated carbocycles. The van der Waals surface area contributed by atoms with Gasteiger partial charge in [0.15, 0.2) is 5.82 Å². The first-order valence-electron chi connectivity index (χ1n) is 22.2. The van der Waals surface area contributed by atoms with Gasteiger partial charge in [-0.3, -0.25) is 29.3 Å². The largest absolute Gasteiger partial charge is 0.379 e. The van der Waals surface area contributed by atoms with Crippen LogP contribution in [0, 0.1) is 11.8 Å². The molecular weight excluding hydrogens is 787 g/mol. The zero-order chi connectivity index (χ0) is 43.3. The standard InChI is InChI=1S/C47H57N9O6/c1-4-38-46(61)54(3)40-28-48-47(52-42(40)56(38)35-12-5-6-13-35)50-33-17-15-31(16-18-33)43(58)49-32-19-21-34(22-20-32)53(2)25-27-62-26-8-7-10-30-11-9-14-36-37(30)29-55(45(36)60)39-23-24-41(57)51-44(39)59/h9,11,14-18,28,32,34-35,38-39H,4-6,8,12-13,19-27,29H2,1-3H3,(H,49,58)(H,48,50,52)(H,51,57,59)/t32?,34?,38-,39?/m1/s1. The third-order valence-electron chi connectivity index (χ3n) is 13.2. The molecule has 2 aromatic carbocycles. The number of rotatable bonds is 13. The number of likely N-dealkylation sites (N-methyl/N-ethyl adjacent to an activating group) is 2. The van der Waals surface area contributed by atoms with Gasteiger partial charge in [-0.1, -0.05) is 37.7 Å². The number of imide groups is 1. The van der Waals surface area contributed by atoms with Crippen molar-refractivity contribution in [2.45, 2.75) is 121 Å². The van der Waals surface area contributed by atoms with Gasteiger partial charge in [0, 0.05) is 73.5 Å². The first-order valence-corrected chi connectivity index (χ1v) is 22.2. The summed E-state index contributed by atoms with van der Waals surface area (Å²) >= 11 is 0. The summed E-state index contributed by atoms with van der Waals surface area (Å²) in [5.74, 6) is 6.69. The highest BCUT2D eigenvalue weighted by molar-refractivity contribution is 6.06. The summed E-state index contributed by atoms with van der Waals surface area (Å²) in [7, 11) is 3.92. The second-order valence-corrected chi connectivity index (χ2v) is 17.1. The molecule has 5 amide bonds. The number of nitrogens with one attached hydrogen (secondary N) is 3. The Labute approximate surface area is 363 Å². The van der Waals surface area contributed by atoms with E-state index in [1.54, 1.807) is 29.1 Å². The molecule has 1 saturated heterocycles. The van der Waals surface area contributed by atoms with Crippen LogP contribution in [0.25, 0.3) is 0 Å². The van der Waals surface area contributed by atoms with Crippen molar-refractivity contribution in [2.24, 2.45) is 0 Å². The predicted molar refractivity (Wildman–Crippen MR) is 235 cm³/mol. The minimum absolute atomic E-state index is 0.0836. The number of fused-ring (bicyclic) bond motifs is 2. The zero-order valence-electron chi connectivity index (χ0n) is 36.0. The molecule has 5 aliphatic rings. The molecule has 0 spiro atoms. The van der Waals surface area contributed by atoms with Crippen molar-refractivity contribution >= 4 is 52.7 Å². The Balaban J connectivity index is 0.747. The molecule has 2 aliphatic carbocycles. The van der Waals surface area contributed by atoms with Crippen LogP contribution >= 0.6 is 0 Å². The number of anilines is 4. The molecule has 62 heavy (non-hydrogen) atoms. The Hall–Kier alpha value is -5.85. The number of carbonyl (C=O) groups is 5. The molecule has 3 fully saturated rings. The molecule has 1 aromatic heterocycles. The number of carbonyl (C=O) groups excluding carboxylic acids is 5. The van der Waals surface area contributed by atoms with E-state index in [0.29, 0.717) is 68.2 Å². The highest BCUT2D eigenvalue weighted by Crippen LogP contribution is 2.40. The van der Waals surface area contributed by atoms with Crippen LogP contribution in [0.5, 0.6) is 0 Å². The Morgan fingerprint density at radius 3 is 2.50 bits per heavy atom. The van der Waals surface area contributed by atoms with Crippen LogP contribution in [0.15, 0.2) is 48.7 Å². The van der Waals surface area contributed by atoms with Crippen LogP contribution in [-0.4, -0.2) is 113 Å². The van der Waals surface area contributed by atoms with Gasteiger partial charge in [-0.25, -0.2) is 4.98 Å². The van der Waals surface area contributed by atoms with E-state index in [1.165, 1.54) is 0 Å². The van der Waals surface area contributed by atoms with Crippen LogP contribution in [0.2, 0.25) is 0 Å². The number of benzene rings is 2. The van der Waals surface area contributed by atoms with Crippen molar-refractivity contribution in [2.75, 3.05) is 49.0 Å². The first kappa shape index (κ1) is 42.8. The summed E-state index contributed by atoms with van der Waals surface area (Å²) in [4.78, 5) is 80.9. The quantitative estimate of drug-likeness (QED) is 0.121. The maximum absolute atomic E-state index is 13.3. The fourth-order valence-electron chi connectivity index (χ4n) is 9.68. The van der Waals surface area contributed by atoms with Crippen molar-refractivity contribution in [3.05, 3.63) is 70.9 Å². The second-order valence-electron chi connectivity index (χ2n) is 17.1. The van der Waals surface area contributed by atoms with Crippen LogP contribution in [0.1, 0.15) is 116 Å². The van der Waals surface area contributed by atoms with E-state index >= 15 is 0 Å². The number of hydrogen-bond acceptors (Lipinski definition) is 11. The van der Waals surface area contributed by atoms with Crippen LogP contribution in [0.4, 0.5) is 23.1 Å². The highest BCUT2D eigenvalue weighted by atomic mass is 16.5. The minimum atomic E-state index is -0.653. The number of nitrogens with zero attached hydrogens (tertiary/aromatic N) is 6. The van der Waals surface area contributed by atoms with E-state index in [9.17, 15) is 24.0 Å². The summed E-state index contributed by atoms with van der Waals surface area (Å²) < 4.78 is 5.92. The lowest BCUT2D eigenvalue weighted by atomic mass is 9.90. The first-order chi connectivity index (χ1) is 30.1. The third kappa shape index (κ3) is 9.17. The lowest BCUT2D eigenvalue weighted by Gasteiger charge is -2.43. The number of hydrogen-bond donors (Lipinski definition) is 3. The van der Waals surface area contributed by atoms with Crippen molar-refractivity contribution in [3.8, 4) is 11.8 Å². The monoisotopic (exact) mass is 843 g/mol. The molecule has 8 rings (SSSR count). The Kier molecular flexibility index (Phi) is 13.2. The van der Waals surface area contributed by atoms with Crippen molar-refractivity contribution in [3.63, 3.8) is 0 Å². The summed E-state index contributed by atoms with van der Waals surface area (Å²) in [6.07, 6.45) is 11.8. The highest BCUT2D eigenvalue weighted by Gasteiger charge is 2.42. The average Bonchev–Trinajstić information content (AvgIpc) is 3.93. The molecule has 3 aliphatic heterocycles. The van der Waals surface area contributed by atoms with Gasteiger partial charge in [-0.05, 0) is 100 Å². The Morgan fingerprint density at radius 1 is 0.984 bits per heavy atom. The van der Waals surface area contributed by atoms with Gasteiger partial charge in [0.1, 0.15) is 17.8 Å². The fourth-order valence-corrected chi connectivity index (χ4v) is 9.68. The molecule has 1 unspecified atom stereocenters. The van der Waals surface area contributed by atoms with Gasteiger partial charge in [-0.15, -0.1) is 0 Å². The van der Waals surface area contributed by atoms with Gasteiger partial charge < -0.3 is 35.0 Å². The molecule has 3 N–H and O–H groups in total. The Morgan fingerprint density at radius 2 is 1.76 bits per heavy atom. The van der Waals surface area contributed by atoms with Gasteiger partial charge in [0.25, 0.3) is 11.8 Å². The summed E-state index contributed by atoms with van der Waals surface area (Å²) in [5, 5.41) is 8.90.